The molecule has 0 bridgehead atoms. The Bertz CT molecular complexity index is 696. The van der Waals surface area contributed by atoms with Crippen LogP contribution < -0.4 is 0 Å². The normalized spacial score (nSPS) is 22.9. The largest absolute Gasteiger partial charge is 0.390 e. The van der Waals surface area contributed by atoms with Gasteiger partial charge < -0.3 is 19.3 Å². The highest BCUT2D eigenvalue weighted by Crippen LogP contribution is 2.33. The molecule has 0 saturated carbocycles. The fourth-order valence-electron chi connectivity index (χ4n) is 3.26. The lowest BCUT2D eigenvalue weighted by molar-refractivity contribution is -0.225. The molecule has 0 aliphatic carbocycles. The standard InChI is InChI=1S/C22H26F2O4/c23-22(24,16-25)21-12-19(27-14-18-9-5-2-6-10-18)11-20(28-21)15-26-13-17-7-3-1-4-8-17/h1-10,19-21,25H,11-16H2. The van der Waals surface area contributed by atoms with Crippen LogP contribution in [-0.2, 0) is 27.4 Å². The average molecular weight is 392 g/mol. The van der Waals surface area contributed by atoms with Crippen molar-refractivity contribution in [2.75, 3.05) is 13.2 Å². The highest BCUT2D eigenvalue weighted by Gasteiger charge is 2.45. The van der Waals surface area contributed by atoms with Crippen LogP contribution in [0.3, 0.4) is 0 Å². The maximum atomic E-state index is 14.1. The molecule has 1 saturated heterocycles. The molecule has 0 radical (unpaired) electrons. The van der Waals surface area contributed by atoms with E-state index >= 15 is 0 Å². The van der Waals surface area contributed by atoms with Gasteiger partial charge in [0.2, 0.25) is 0 Å². The molecule has 152 valence electrons. The molecule has 0 aromatic heterocycles. The first-order chi connectivity index (χ1) is 13.6. The SMILES string of the molecule is OCC(F)(F)C1CC(OCc2ccccc2)CC(COCc2ccccc2)O1. The van der Waals surface area contributed by atoms with Crippen molar-refractivity contribution in [2.24, 2.45) is 0 Å². The smallest absolute Gasteiger partial charge is 0.296 e. The topological polar surface area (TPSA) is 47.9 Å². The zero-order valence-corrected chi connectivity index (χ0v) is 15.7. The quantitative estimate of drug-likeness (QED) is 0.702. The number of rotatable bonds is 9. The molecule has 1 aliphatic rings. The summed E-state index contributed by atoms with van der Waals surface area (Å²) in [5.41, 5.74) is 1.99. The molecule has 6 heteroatoms. The minimum atomic E-state index is -3.31. The molecule has 3 rings (SSSR count). The van der Waals surface area contributed by atoms with Crippen molar-refractivity contribution in [3.63, 3.8) is 0 Å². The van der Waals surface area contributed by atoms with Gasteiger partial charge in [-0.2, -0.15) is 0 Å². The highest BCUT2D eigenvalue weighted by molar-refractivity contribution is 5.14. The number of ether oxygens (including phenoxy) is 3. The fourth-order valence-corrected chi connectivity index (χ4v) is 3.26. The van der Waals surface area contributed by atoms with Gasteiger partial charge in [-0.05, 0) is 11.1 Å². The van der Waals surface area contributed by atoms with Crippen molar-refractivity contribution in [3.8, 4) is 0 Å². The molecule has 0 amide bonds. The molecule has 2 aromatic carbocycles. The van der Waals surface area contributed by atoms with Gasteiger partial charge in [0.05, 0.1) is 32.0 Å². The molecular weight excluding hydrogens is 366 g/mol. The summed E-state index contributed by atoms with van der Waals surface area (Å²) in [5.74, 6) is -3.31. The van der Waals surface area contributed by atoms with Crippen molar-refractivity contribution in [1.29, 1.82) is 0 Å². The van der Waals surface area contributed by atoms with Crippen LogP contribution in [0.5, 0.6) is 0 Å². The number of alkyl halides is 2. The zero-order chi connectivity index (χ0) is 19.8. The van der Waals surface area contributed by atoms with Gasteiger partial charge in [-0.25, -0.2) is 8.78 Å². The number of hydrogen-bond donors (Lipinski definition) is 1. The summed E-state index contributed by atoms with van der Waals surface area (Å²) < 4.78 is 45.2. The summed E-state index contributed by atoms with van der Waals surface area (Å²) in [6, 6.07) is 19.2. The molecule has 1 heterocycles. The minimum Gasteiger partial charge on any atom is -0.390 e. The molecule has 1 fully saturated rings. The van der Waals surface area contributed by atoms with E-state index in [9.17, 15) is 8.78 Å². The third kappa shape index (κ3) is 6.07. The molecule has 28 heavy (non-hydrogen) atoms. The number of benzene rings is 2. The van der Waals surface area contributed by atoms with Crippen LogP contribution in [-0.4, -0.2) is 42.6 Å². The third-order valence-electron chi connectivity index (χ3n) is 4.79. The lowest BCUT2D eigenvalue weighted by atomic mass is 9.97. The van der Waals surface area contributed by atoms with E-state index in [1.807, 2.05) is 60.7 Å². The Morgan fingerprint density at radius 2 is 1.54 bits per heavy atom. The number of aliphatic hydroxyl groups is 1. The molecule has 1 N–H and O–H groups in total. The van der Waals surface area contributed by atoms with Crippen molar-refractivity contribution in [3.05, 3.63) is 71.8 Å². The predicted octanol–water partition coefficient (Wildman–Crippen LogP) is 3.96. The van der Waals surface area contributed by atoms with Crippen LogP contribution in [0.25, 0.3) is 0 Å². The Morgan fingerprint density at radius 1 is 0.929 bits per heavy atom. The van der Waals surface area contributed by atoms with Crippen LogP contribution in [0.4, 0.5) is 8.78 Å². The maximum absolute atomic E-state index is 14.1. The van der Waals surface area contributed by atoms with Gasteiger partial charge in [-0.1, -0.05) is 60.7 Å². The van der Waals surface area contributed by atoms with E-state index in [0.717, 1.165) is 11.1 Å². The van der Waals surface area contributed by atoms with E-state index in [0.29, 0.717) is 19.6 Å². The Balaban J connectivity index is 1.56. The Morgan fingerprint density at radius 3 is 2.14 bits per heavy atom. The second-order valence-corrected chi connectivity index (χ2v) is 7.06. The Kier molecular flexibility index (Phi) is 7.50. The Labute approximate surface area is 164 Å². The molecule has 3 unspecified atom stereocenters. The fraction of sp³-hybridized carbons (Fsp3) is 0.455. The average Bonchev–Trinajstić information content (AvgIpc) is 2.74. The highest BCUT2D eigenvalue weighted by atomic mass is 19.3. The molecular formula is C22H26F2O4. The van der Waals surface area contributed by atoms with Crippen molar-refractivity contribution in [1.82, 2.24) is 0 Å². The molecule has 1 aliphatic heterocycles. The van der Waals surface area contributed by atoms with E-state index < -0.39 is 24.7 Å². The lowest BCUT2D eigenvalue weighted by Gasteiger charge is -2.38. The maximum Gasteiger partial charge on any atom is 0.296 e. The van der Waals surface area contributed by atoms with Crippen molar-refractivity contribution >= 4 is 0 Å². The van der Waals surface area contributed by atoms with Crippen LogP contribution >= 0.6 is 0 Å². The van der Waals surface area contributed by atoms with E-state index in [2.05, 4.69) is 0 Å². The monoisotopic (exact) mass is 392 g/mol. The van der Waals surface area contributed by atoms with E-state index in [1.165, 1.54) is 0 Å². The van der Waals surface area contributed by atoms with Crippen LogP contribution in [0, 0.1) is 0 Å². The lowest BCUT2D eigenvalue weighted by Crippen LogP contribution is -2.49. The van der Waals surface area contributed by atoms with Gasteiger partial charge >= 0.3 is 0 Å². The van der Waals surface area contributed by atoms with E-state index in [-0.39, 0.29) is 19.1 Å². The van der Waals surface area contributed by atoms with Crippen molar-refractivity contribution in [2.45, 2.75) is 50.3 Å². The number of halogens is 2. The third-order valence-corrected chi connectivity index (χ3v) is 4.79. The van der Waals surface area contributed by atoms with Crippen molar-refractivity contribution < 1.29 is 28.1 Å². The first kappa shape index (κ1) is 20.9. The molecule has 2 aromatic rings. The summed E-state index contributed by atoms with van der Waals surface area (Å²) in [6.45, 7) is -0.323. The summed E-state index contributed by atoms with van der Waals surface area (Å²) >= 11 is 0. The summed E-state index contributed by atoms with van der Waals surface area (Å²) in [4.78, 5) is 0. The molecule has 3 atom stereocenters. The predicted molar refractivity (Wildman–Crippen MR) is 101 cm³/mol. The van der Waals surface area contributed by atoms with Gasteiger partial charge in [0.15, 0.2) is 0 Å². The minimum absolute atomic E-state index is 0.0373. The second kappa shape index (κ2) is 10.1. The molecule has 0 spiro atoms. The zero-order valence-electron chi connectivity index (χ0n) is 15.7. The summed E-state index contributed by atoms with van der Waals surface area (Å²) in [7, 11) is 0. The van der Waals surface area contributed by atoms with Gasteiger partial charge in [-0.15, -0.1) is 0 Å². The van der Waals surface area contributed by atoms with Crippen LogP contribution in [0.1, 0.15) is 24.0 Å². The first-order valence-corrected chi connectivity index (χ1v) is 9.48. The first-order valence-electron chi connectivity index (χ1n) is 9.48. The van der Waals surface area contributed by atoms with Gasteiger partial charge in [-0.3, -0.25) is 0 Å². The number of aliphatic hydroxyl groups excluding tert-OH is 1. The summed E-state index contributed by atoms with van der Waals surface area (Å²) in [6.07, 6.45) is -1.78. The molecule has 4 nitrogen and oxygen atoms in total. The van der Waals surface area contributed by atoms with Gasteiger partial charge in [0, 0.05) is 12.8 Å². The number of hydrogen-bond acceptors (Lipinski definition) is 4. The summed E-state index contributed by atoms with van der Waals surface area (Å²) in [5, 5.41) is 9.05. The van der Waals surface area contributed by atoms with E-state index in [4.69, 9.17) is 19.3 Å². The second-order valence-electron chi connectivity index (χ2n) is 7.06. The van der Waals surface area contributed by atoms with Crippen LogP contribution in [0.15, 0.2) is 60.7 Å². The van der Waals surface area contributed by atoms with Gasteiger partial charge in [0.1, 0.15) is 12.7 Å². The van der Waals surface area contributed by atoms with Crippen LogP contribution in [0.2, 0.25) is 0 Å². The Hall–Kier alpha value is -1.86. The van der Waals surface area contributed by atoms with E-state index in [1.54, 1.807) is 0 Å². The van der Waals surface area contributed by atoms with Gasteiger partial charge in [0.25, 0.3) is 5.92 Å².